The van der Waals surface area contributed by atoms with Crippen molar-refractivity contribution in [3.63, 3.8) is 0 Å². The van der Waals surface area contributed by atoms with Crippen LogP contribution in [0.1, 0.15) is 18.5 Å². The Kier molecular flexibility index (Phi) is 5.54. The summed E-state index contributed by atoms with van der Waals surface area (Å²) in [6.45, 7) is 1.11. The molecule has 1 aromatic carbocycles. The average molecular weight is 474 g/mol. The monoisotopic (exact) mass is 474 g/mol. The molecule has 0 atom stereocenters. The Morgan fingerprint density at radius 2 is 1.76 bits per heavy atom. The first kappa shape index (κ1) is 22.1. The third-order valence-electron chi connectivity index (χ3n) is 5.81. The zero-order chi connectivity index (χ0) is 23.9. The highest BCUT2D eigenvalue weighted by molar-refractivity contribution is 5.78. The number of fused-ring (bicyclic) bond motifs is 1. The number of nitrogens with one attached hydrogen (secondary N) is 1. The molecule has 1 saturated heterocycles. The van der Waals surface area contributed by atoms with E-state index in [1.165, 1.54) is 22.8 Å². The van der Waals surface area contributed by atoms with E-state index in [1.54, 1.807) is 24.4 Å². The van der Waals surface area contributed by atoms with Crippen LogP contribution in [0.3, 0.4) is 0 Å². The number of alkyl halides is 3. The molecular weight excluding hydrogens is 455 g/mol. The fraction of sp³-hybridized carbons (Fsp3) is 0.261. The van der Waals surface area contributed by atoms with Crippen molar-refractivity contribution in [2.45, 2.75) is 25.1 Å². The number of piperidine rings is 1. The van der Waals surface area contributed by atoms with Gasteiger partial charge in [-0.15, -0.1) is 5.10 Å². The van der Waals surface area contributed by atoms with Crippen molar-refractivity contribution in [2.24, 2.45) is 0 Å². The third-order valence-corrected chi connectivity index (χ3v) is 5.81. The summed E-state index contributed by atoms with van der Waals surface area (Å²) < 4.78 is 68.0. The largest absolute Gasteiger partial charge is 0.433 e. The molecule has 0 spiro atoms. The van der Waals surface area contributed by atoms with Gasteiger partial charge in [0, 0.05) is 54.4 Å². The van der Waals surface area contributed by atoms with Crippen LogP contribution in [0, 0.1) is 11.6 Å². The van der Waals surface area contributed by atoms with Gasteiger partial charge in [-0.05, 0) is 49.2 Å². The fourth-order valence-corrected chi connectivity index (χ4v) is 4.12. The molecule has 1 N–H and O–H groups in total. The van der Waals surface area contributed by atoms with E-state index in [0.29, 0.717) is 48.8 Å². The van der Waals surface area contributed by atoms with Gasteiger partial charge >= 0.3 is 6.18 Å². The smallest absolute Gasteiger partial charge is 0.371 e. The second kappa shape index (κ2) is 8.54. The van der Waals surface area contributed by atoms with E-state index in [9.17, 15) is 22.0 Å². The molecule has 3 aromatic heterocycles. The summed E-state index contributed by atoms with van der Waals surface area (Å²) in [4.78, 5) is 9.80. The van der Waals surface area contributed by atoms with Gasteiger partial charge in [0.15, 0.2) is 5.65 Å². The predicted molar refractivity (Wildman–Crippen MR) is 116 cm³/mol. The SMILES string of the molecule is Fc1ccc(-c2cccn3nc(NC4CCN(c5ccnc(C(F)(F)F)c5)CC4)nc23)c(F)c1. The molecule has 1 aliphatic heterocycles. The summed E-state index contributed by atoms with van der Waals surface area (Å²) in [6, 6.07) is 9.41. The highest BCUT2D eigenvalue weighted by atomic mass is 19.4. The number of halogens is 5. The van der Waals surface area contributed by atoms with Crippen LogP contribution in [-0.4, -0.2) is 38.7 Å². The summed E-state index contributed by atoms with van der Waals surface area (Å²) in [7, 11) is 0. The highest BCUT2D eigenvalue weighted by Gasteiger charge is 2.33. The van der Waals surface area contributed by atoms with Gasteiger partial charge in [0.25, 0.3) is 0 Å². The molecule has 4 heterocycles. The Morgan fingerprint density at radius 3 is 2.50 bits per heavy atom. The maximum Gasteiger partial charge on any atom is 0.433 e. The quantitative estimate of drug-likeness (QED) is 0.414. The van der Waals surface area contributed by atoms with Crippen LogP contribution >= 0.6 is 0 Å². The fourth-order valence-electron chi connectivity index (χ4n) is 4.12. The summed E-state index contributed by atoms with van der Waals surface area (Å²) in [5.41, 5.74) is 0.693. The van der Waals surface area contributed by atoms with Gasteiger partial charge in [-0.25, -0.2) is 13.3 Å². The van der Waals surface area contributed by atoms with E-state index >= 15 is 0 Å². The lowest BCUT2D eigenvalue weighted by Gasteiger charge is -2.33. The summed E-state index contributed by atoms with van der Waals surface area (Å²) >= 11 is 0. The van der Waals surface area contributed by atoms with Gasteiger partial charge in [0.1, 0.15) is 17.3 Å². The number of anilines is 2. The molecule has 0 bridgehead atoms. The van der Waals surface area contributed by atoms with Crippen LogP contribution in [0.15, 0.2) is 54.9 Å². The first-order valence-electron chi connectivity index (χ1n) is 10.6. The number of hydrogen-bond acceptors (Lipinski definition) is 5. The minimum absolute atomic E-state index is 0.0172. The first-order chi connectivity index (χ1) is 16.3. The van der Waals surface area contributed by atoms with Gasteiger partial charge in [0.05, 0.1) is 0 Å². The normalized spacial score (nSPS) is 15.1. The Morgan fingerprint density at radius 1 is 0.971 bits per heavy atom. The Bertz CT molecular complexity index is 1330. The van der Waals surface area contributed by atoms with E-state index in [0.717, 1.165) is 12.1 Å². The van der Waals surface area contributed by atoms with Gasteiger partial charge in [-0.3, -0.25) is 4.98 Å². The second-order valence-electron chi connectivity index (χ2n) is 8.05. The van der Waals surface area contributed by atoms with Crippen molar-refractivity contribution in [3.8, 4) is 11.1 Å². The number of aromatic nitrogens is 4. The van der Waals surface area contributed by atoms with E-state index in [4.69, 9.17) is 0 Å². The number of pyridine rings is 2. The van der Waals surface area contributed by atoms with Gasteiger partial charge in [-0.1, -0.05) is 0 Å². The number of benzene rings is 1. The van der Waals surface area contributed by atoms with Gasteiger partial charge in [-0.2, -0.15) is 18.2 Å². The number of rotatable bonds is 4. The molecule has 0 amide bonds. The number of hydrogen-bond donors (Lipinski definition) is 1. The molecular formula is C23H19F5N6. The van der Waals surface area contributed by atoms with Crippen molar-refractivity contribution in [1.29, 1.82) is 0 Å². The van der Waals surface area contributed by atoms with Crippen LogP contribution in [-0.2, 0) is 6.18 Å². The minimum atomic E-state index is -4.49. The van der Waals surface area contributed by atoms with Crippen molar-refractivity contribution in [1.82, 2.24) is 19.6 Å². The van der Waals surface area contributed by atoms with E-state index in [1.807, 2.05) is 4.90 Å². The van der Waals surface area contributed by atoms with Crippen LogP contribution < -0.4 is 10.2 Å². The lowest BCUT2D eigenvalue weighted by Crippen LogP contribution is -2.39. The molecule has 0 saturated carbocycles. The van der Waals surface area contributed by atoms with E-state index < -0.39 is 23.5 Å². The van der Waals surface area contributed by atoms with Crippen LogP contribution in [0.2, 0.25) is 0 Å². The van der Waals surface area contributed by atoms with E-state index in [2.05, 4.69) is 20.4 Å². The van der Waals surface area contributed by atoms with Crippen molar-refractivity contribution in [2.75, 3.05) is 23.3 Å². The Hall–Kier alpha value is -3.76. The number of nitrogens with zero attached hydrogens (tertiary/aromatic N) is 5. The van der Waals surface area contributed by atoms with Gasteiger partial charge < -0.3 is 10.2 Å². The highest BCUT2D eigenvalue weighted by Crippen LogP contribution is 2.31. The average Bonchev–Trinajstić information content (AvgIpc) is 3.22. The topological polar surface area (TPSA) is 58.4 Å². The summed E-state index contributed by atoms with van der Waals surface area (Å²) in [6.07, 6.45) is -0.301. The molecule has 0 radical (unpaired) electrons. The van der Waals surface area contributed by atoms with Gasteiger partial charge in [0.2, 0.25) is 5.95 Å². The first-order valence-corrected chi connectivity index (χ1v) is 10.6. The molecule has 0 unspecified atom stereocenters. The lowest BCUT2D eigenvalue weighted by atomic mass is 10.0. The van der Waals surface area contributed by atoms with Crippen molar-refractivity contribution in [3.05, 3.63) is 72.2 Å². The molecule has 176 valence electrons. The zero-order valence-corrected chi connectivity index (χ0v) is 17.7. The van der Waals surface area contributed by atoms with Crippen LogP contribution in [0.25, 0.3) is 16.8 Å². The predicted octanol–water partition coefficient (Wildman–Crippen LogP) is 5.17. The summed E-state index contributed by atoms with van der Waals surface area (Å²) in [5, 5.41) is 7.67. The molecule has 1 fully saturated rings. The Balaban J connectivity index is 1.30. The molecule has 5 rings (SSSR count). The van der Waals surface area contributed by atoms with Crippen molar-refractivity contribution >= 4 is 17.3 Å². The van der Waals surface area contributed by atoms with Crippen LogP contribution in [0.4, 0.5) is 33.6 Å². The lowest BCUT2D eigenvalue weighted by molar-refractivity contribution is -0.141. The Labute approximate surface area is 191 Å². The van der Waals surface area contributed by atoms with Crippen molar-refractivity contribution < 1.29 is 22.0 Å². The second-order valence-corrected chi connectivity index (χ2v) is 8.05. The third kappa shape index (κ3) is 4.37. The zero-order valence-electron chi connectivity index (χ0n) is 17.7. The molecule has 11 heteroatoms. The molecule has 0 aliphatic carbocycles. The molecule has 34 heavy (non-hydrogen) atoms. The van der Waals surface area contributed by atoms with E-state index in [-0.39, 0.29) is 11.6 Å². The molecule has 6 nitrogen and oxygen atoms in total. The maximum atomic E-state index is 14.3. The molecule has 1 aliphatic rings. The standard InChI is InChI=1S/C23H19F5N6/c24-14-3-4-17(19(25)12-14)18-2-1-9-34-21(18)31-22(32-34)30-15-6-10-33(11-7-15)16-5-8-29-20(13-16)23(26,27)28/h1-5,8-9,12-13,15H,6-7,10-11H2,(H,30,32). The maximum absolute atomic E-state index is 14.3. The molecule has 4 aromatic rings. The minimum Gasteiger partial charge on any atom is -0.371 e. The summed E-state index contributed by atoms with van der Waals surface area (Å²) in [5.74, 6) is -0.996. The van der Waals surface area contributed by atoms with Crippen LogP contribution in [0.5, 0.6) is 0 Å².